The average molecular weight is 356 g/mol. The van der Waals surface area contributed by atoms with Gasteiger partial charge in [0.1, 0.15) is 0 Å². The van der Waals surface area contributed by atoms with Crippen LogP contribution in [0.3, 0.4) is 0 Å². The number of nitrogens with one attached hydrogen (secondary N) is 1. The van der Waals surface area contributed by atoms with Crippen LogP contribution >= 0.6 is 0 Å². The molecule has 138 valence electrons. The SMILES string of the molecule is CC1CCCN(C(N)=NCCNC(=O)c2ccc(C(F)(F)F)cc2)C1. The van der Waals surface area contributed by atoms with Crippen molar-refractivity contribution >= 4 is 11.9 Å². The van der Waals surface area contributed by atoms with E-state index in [2.05, 4.69) is 17.2 Å². The van der Waals surface area contributed by atoms with Gasteiger partial charge in [-0.25, -0.2) is 0 Å². The number of hydrogen-bond acceptors (Lipinski definition) is 2. The van der Waals surface area contributed by atoms with Crippen LogP contribution in [-0.2, 0) is 6.18 Å². The van der Waals surface area contributed by atoms with Crippen molar-refractivity contribution in [3.05, 3.63) is 35.4 Å². The largest absolute Gasteiger partial charge is 0.416 e. The maximum absolute atomic E-state index is 12.5. The van der Waals surface area contributed by atoms with E-state index >= 15 is 0 Å². The topological polar surface area (TPSA) is 70.7 Å². The van der Waals surface area contributed by atoms with Gasteiger partial charge in [0.2, 0.25) is 0 Å². The first kappa shape index (κ1) is 19.1. The Morgan fingerprint density at radius 3 is 2.64 bits per heavy atom. The molecule has 1 aliphatic rings. The van der Waals surface area contributed by atoms with Gasteiger partial charge >= 0.3 is 6.18 Å². The Bertz CT molecular complexity index is 613. The van der Waals surface area contributed by atoms with Crippen LogP contribution in [0.2, 0.25) is 0 Å². The molecule has 1 heterocycles. The molecule has 0 saturated carbocycles. The molecule has 1 fully saturated rings. The monoisotopic (exact) mass is 356 g/mol. The van der Waals surface area contributed by atoms with Crippen molar-refractivity contribution in [2.75, 3.05) is 26.2 Å². The molecule has 1 unspecified atom stereocenters. The number of alkyl halides is 3. The van der Waals surface area contributed by atoms with E-state index < -0.39 is 17.6 Å². The number of carbonyl (C=O) groups excluding carboxylic acids is 1. The summed E-state index contributed by atoms with van der Waals surface area (Å²) in [7, 11) is 0. The van der Waals surface area contributed by atoms with E-state index in [4.69, 9.17) is 5.73 Å². The van der Waals surface area contributed by atoms with Crippen molar-refractivity contribution in [3.63, 3.8) is 0 Å². The lowest BCUT2D eigenvalue weighted by atomic mass is 10.0. The number of carbonyl (C=O) groups is 1. The van der Waals surface area contributed by atoms with Crippen LogP contribution in [0.25, 0.3) is 0 Å². The zero-order valence-corrected chi connectivity index (χ0v) is 14.1. The van der Waals surface area contributed by atoms with Gasteiger partial charge in [-0.3, -0.25) is 9.79 Å². The van der Waals surface area contributed by atoms with Crippen molar-refractivity contribution in [2.24, 2.45) is 16.6 Å². The van der Waals surface area contributed by atoms with Gasteiger partial charge in [-0.2, -0.15) is 13.2 Å². The number of likely N-dealkylation sites (tertiary alicyclic amines) is 1. The van der Waals surface area contributed by atoms with Crippen LogP contribution in [0.15, 0.2) is 29.3 Å². The number of nitrogens with zero attached hydrogens (tertiary/aromatic N) is 2. The molecule has 5 nitrogen and oxygen atoms in total. The second-order valence-corrected chi connectivity index (χ2v) is 6.26. The molecule has 0 aliphatic carbocycles. The van der Waals surface area contributed by atoms with Gasteiger partial charge < -0.3 is 16.0 Å². The molecule has 1 aromatic rings. The molecule has 1 aromatic carbocycles. The lowest BCUT2D eigenvalue weighted by Gasteiger charge is -2.31. The highest BCUT2D eigenvalue weighted by molar-refractivity contribution is 5.94. The summed E-state index contributed by atoms with van der Waals surface area (Å²) in [5, 5.41) is 2.62. The van der Waals surface area contributed by atoms with Crippen molar-refractivity contribution in [3.8, 4) is 0 Å². The third-order valence-corrected chi connectivity index (χ3v) is 4.13. The second kappa shape index (κ2) is 8.22. The zero-order chi connectivity index (χ0) is 18.4. The fourth-order valence-electron chi connectivity index (χ4n) is 2.75. The minimum absolute atomic E-state index is 0.176. The van der Waals surface area contributed by atoms with E-state index in [-0.39, 0.29) is 12.1 Å². The van der Waals surface area contributed by atoms with E-state index in [1.807, 2.05) is 4.90 Å². The minimum atomic E-state index is -4.41. The molecule has 0 aromatic heterocycles. The summed E-state index contributed by atoms with van der Waals surface area (Å²) in [6, 6.07) is 4.10. The third-order valence-electron chi connectivity index (χ3n) is 4.13. The van der Waals surface area contributed by atoms with Gasteiger partial charge in [0, 0.05) is 25.2 Å². The molecular weight excluding hydrogens is 333 g/mol. The summed E-state index contributed by atoms with van der Waals surface area (Å²) in [4.78, 5) is 18.2. The molecule has 1 saturated heterocycles. The summed E-state index contributed by atoms with van der Waals surface area (Å²) in [6.07, 6.45) is -2.14. The highest BCUT2D eigenvalue weighted by Crippen LogP contribution is 2.29. The van der Waals surface area contributed by atoms with E-state index in [1.54, 1.807) is 0 Å². The summed E-state index contributed by atoms with van der Waals surface area (Å²) >= 11 is 0. The highest BCUT2D eigenvalue weighted by Gasteiger charge is 2.30. The maximum Gasteiger partial charge on any atom is 0.416 e. The first-order valence-electron chi connectivity index (χ1n) is 8.27. The molecule has 1 atom stereocenters. The first-order valence-corrected chi connectivity index (χ1v) is 8.27. The molecule has 1 aliphatic heterocycles. The number of nitrogens with two attached hydrogens (primary N) is 1. The van der Waals surface area contributed by atoms with Gasteiger partial charge in [0.15, 0.2) is 5.96 Å². The fourth-order valence-corrected chi connectivity index (χ4v) is 2.75. The van der Waals surface area contributed by atoms with Crippen molar-refractivity contribution in [2.45, 2.75) is 25.9 Å². The van der Waals surface area contributed by atoms with E-state index in [0.717, 1.165) is 43.8 Å². The van der Waals surface area contributed by atoms with Gasteiger partial charge in [0.25, 0.3) is 5.91 Å². The predicted molar refractivity (Wildman–Crippen MR) is 90.2 cm³/mol. The number of rotatable bonds is 4. The van der Waals surface area contributed by atoms with E-state index in [1.165, 1.54) is 6.42 Å². The molecule has 2 rings (SSSR count). The maximum atomic E-state index is 12.5. The number of piperidine rings is 1. The quantitative estimate of drug-likeness (QED) is 0.495. The van der Waals surface area contributed by atoms with Crippen LogP contribution in [0.1, 0.15) is 35.7 Å². The van der Waals surface area contributed by atoms with E-state index in [9.17, 15) is 18.0 Å². The first-order chi connectivity index (χ1) is 11.8. The van der Waals surface area contributed by atoms with Crippen LogP contribution in [0, 0.1) is 5.92 Å². The molecular formula is C17H23F3N4O. The molecule has 8 heteroatoms. The van der Waals surface area contributed by atoms with Crippen LogP contribution in [0.5, 0.6) is 0 Å². The number of aliphatic imine (C=N–C) groups is 1. The highest BCUT2D eigenvalue weighted by atomic mass is 19.4. The van der Waals surface area contributed by atoms with Gasteiger partial charge in [0.05, 0.1) is 12.1 Å². The molecule has 0 bridgehead atoms. The number of amides is 1. The Morgan fingerprint density at radius 1 is 1.36 bits per heavy atom. The standard InChI is InChI=1S/C17H23F3N4O/c1-12-3-2-10-24(11-12)16(21)23-9-8-22-15(25)13-4-6-14(7-5-13)17(18,19)20/h4-7,12H,2-3,8-11H2,1H3,(H2,21,23)(H,22,25). The summed E-state index contributed by atoms with van der Waals surface area (Å²) < 4.78 is 37.5. The van der Waals surface area contributed by atoms with Gasteiger partial charge in [-0.1, -0.05) is 6.92 Å². The zero-order valence-electron chi connectivity index (χ0n) is 14.1. The number of hydrogen-bond donors (Lipinski definition) is 2. The Morgan fingerprint density at radius 2 is 2.04 bits per heavy atom. The van der Waals surface area contributed by atoms with Crippen molar-refractivity contribution < 1.29 is 18.0 Å². The van der Waals surface area contributed by atoms with Gasteiger partial charge in [-0.15, -0.1) is 0 Å². The normalized spacial score (nSPS) is 19.0. The molecule has 25 heavy (non-hydrogen) atoms. The van der Waals surface area contributed by atoms with Crippen LogP contribution in [-0.4, -0.2) is 42.9 Å². The molecule has 3 N–H and O–H groups in total. The van der Waals surface area contributed by atoms with Crippen LogP contribution in [0.4, 0.5) is 13.2 Å². The van der Waals surface area contributed by atoms with E-state index in [0.29, 0.717) is 18.4 Å². The Labute approximate surface area is 145 Å². The molecule has 1 amide bonds. The molecule has 0 radical (unpaired) electrons. The number of halogens is 3. The summed E-state index contributed by atoms with van der Waals surface area (Å²) in [5.74, 6) is 0.617. The Balaban J connectivity index is 1.79. The minimum Gasteiger partial charge on any atom is -0.370 e. The summed E-state index contributed by atoms with van der Waals surface area (Å²) in [6.45, 7) is 4.53. The fraction of sp³-hybridized carbons (Fsp3) is 0.529. The van der Waals surface area contributed by atoms with Crippen molar-refractivity contribution in [1.29, 1.82) is 0 Å². The second-order valence-electron chi connectivity index (χ2n) is 6.26. The Kier molecular flexibility index (Phi) is 6.27. The lowest BCUT2D eigenvalue weighted by molar-refractivity contribution is -0.137. The van der Waals surface area contributed by atoms with Crippen LogP contribution < -0.4 is 11.1 Å². The average Bonchev–Trinajstić information content (AvgIpc) is 2.57. The Hall–Kier alpha value is -2.25. The predicted octanol–water partition coefficient (Wildman–Crippen LogP) is 2.48. The van der Waals surface area contributed by atoms with Gasteiger partial charge in [-0.05, 0) is 43.0 Å². The summed E-state index contributed by atoms with van der Waals surface area (Å²) in [5.41, 5.74) is 5.35. The lowest BCUT2D eigenvalue weighted by Crippen LogP contribution is -2.43. The molecule has 0 spiro atoms. The smallest absolute Gasteiger partial charge is 0.370 e. The number of benzene rings is 1. The third kappa shape index (κ3) is 5.65. The number of guanidine groups is 1. The van der Waals surface area contributed by atoms with Crippen molar-refractivity contribution in [1.82, 2.24) is 10.2 Å².